The van der Waals surface area contributed by atoms with Crippen LogP contribution in [-0.2, 0) is 20.0 Å². The number of nitrogens with one attached hydrogen (secondary N) is 2. The minimum Gasteiger partial charge on any atom is -0.355 e. The summed E-state index contributed by atoms with van der Waals surface area (Å²) in [7, 11) is 1.84. The topological polar surface area (TPSA) is 93.4 Å². The summed E-state index contributed by atoms with van der Waals surface area (Å²) in [5.74, 6) is 1.15. The van der Waals surface area contributed by atoms with Crippen molar-refractivity contribution in [2.24, 2.45) is 7.05 Å². The average molecular weight is 377 g/mol. The highest BCUT2D eigenvalue weighted by molar-refractivity contribution is 5.75. The first-order chi connectivity index (χ1) is 13.7. The van der Waals surface area contributed by atoms with Crippen LogP contribution in [0.1, 0.15) is 18.9 Å². The van der Waals surface area contributed by atoms with Crippen LogP contribution in [0, 0.1) is 0 Å². The van der Waals surface area contributed by atoms with Gasteiger partial charge in [-0.3, -0.25) is 14.0 Å². The van der Waals surface area contributed by atoms with Gasteiger partial charge in [-0.05, 0) is 18.4 Å². The van der Waals surface area contributed by atoms with Crippen LogP contribution in [-0.4, -0.2) is 35.8 Å². The second-order valence-electron chi connectivity index (χ2n) is 6.74. The quantitative estimate of drug-likeness (QED) is 0.516. The maximum absolute atomic E-state index is 13.0. The van der Waals surface area contributed by atoms with E-state index in [-0.39, 0.29) is 5.56 Å². The van der Waals surface area contributed by atoms with E-state index in [0.29, 0.717) is 36.0 Å². The van der Waals surface area contributed by atoms with Gasteiger partial charge in [-0.1, -0.05) is 37.3 Å². The lowest BCUT2D eigenvalue weighted by Gasteiger charge is -2.12. The van der Waals surface area contributed by atoms with Crippen molar-refractivity contribution in [2.45, 2.75) is 26.3 Å². The number of nitrogens with zero attached hydrogens (tertiary/aromatic N) is 5. The predicted molar refractivity (Wildman–Crippen MR) is 109 cm³/mol. The molecule has 0 aliphatic rings. The van der Waals surface area contributed by atoms with E-state index in [1.165, 1.54) is 5.56 Å². The van der Waals surface area contributed by atoms with Crippen LogP contribution in [0.3, 0.4) is 0 Å². The molecule has 144 valence electrons. The number of hydrogen-bond donors (Lipinski definition) is 2. The molecule has 0 atom stereocenters. The fourth-order valence-corrected chi connectivity index (χ4v) is 3.20. The molecule has 0 amide bonds. The Kier molecular flexibility index (Phi) is 4.92. The zero-order valence-corrected chi connectivity index (χ0v) is 16.0. The molecule has 0 saturated carbocycles. The molecule has 0 unspecified atom stereocenters. The maximum Gasteiger partial charge on any atom is 0.280 e. The van der Waals surface area contributed by atoms with E-state index in [1.807, 2.05) is 38.4 Å². The molecule has 3 heterocycles. The van der Waals surface area contributed by atoms with Gasteiger partial charge in [0, 0.05) is 26.3 Å². The third-order valence-corrected chi connectivity index (χ3v) is 4.58. The summed E-state index contributed by atoms with van der Waals surface area (Å²) in [5, 5.41) is 7.47. The summed E-state index contributed by atoms with van der Waals surface area (Å²) in [4.78, 5) is 25.3. The Morgan fingerprint density at radius 2 is 2.00 bits per heavy atom. The fourth-order valence-electron chi connectivity index (χ4n) is 3.20. The van der Waals surface area contributed by atoms with Crippen molar-refractivity contribution in [2.75, 3.05) is 11.9 Å². The Balaban J connectivity index is 1.66. The van der Waals surface area contributed by atoms with Crippen molar-refractivity contribution in [3.05, 3.63) is 58.6 Å². The Bertz CT molecular complexity index is 1140. The van der Waals surface area contributed by atoms with E-state index in [0.717, 1.165) is 18.4 Å². The van der Waals surface area contributed by atoms with Crippen molar-refractivity contribution >= 4 is 17.1 Å². The summed E-state index contributed by atoms with van der Waals surface area (Å²) < 4.78 is 3.38. The van der Waals surface area contributed by atoms with Crippen LogP contribution >= 0.6 is 0 Å². The lowest BCUT2D eigenvalue weighted by molar-refractivity contribution is 0.651. The number of rotatable bonds is 7. The molecule has 3 aromatic heterocycles. The van der Waals surface area contributed by atoms with Crippen LogP contribution in [0.5, 0.6) is 0 Å². The Morgan fingerprint density at radius 1 is 1.18 bits per heavy atom. The molecule has 0 bridgehead atoms. The molecule has 4 aromatic rings. The number of imidazole rings is 1. The lowest BCUT2D eigenvalue weighted by atomic mass is 10.1. The predicted octanol–water partition coefficient (Wildman–Crippen LogP) is 2.58. The molecule has 8 heteroatoms. The SMILES string of the molecule is CCCn1c(NCCc2ccccc2)nc2nc(-c3cnn(C)c3)[nH]c2c1=O. The van der Waals surface area contributed by atoms with Gasteiger partial charge >= 0.3 is 0 Å². The van der Waals surface area contributed by atoms with Crippen molar-refractivity contribution in [3.63, 3.8) is 0 Å². The minimum absolute atomic E-state index is 0.114. The molecular formula is C20H23N7O. The second-order valence-corrected chi connectivity index (χ2v) is 6.74. The van der Waals surface area contributed by atoms with E-state index in [9.17, 15) is 4.79 Å². The highest BCUT2D eigenvalue weighted by atomic mass is 16.1. The summed E-state index contributed by atoms with van der Waals surface area (Å²) in [6.45, 7) is 3.32. The van der Waals surface area contributed by atoms with E-state index in [2.05, 4.69) is 37.5 Å². The second kappa shape index (κ2) is 7.67. The molecular weight excluding hydrogens is 354 g/mol. The van der Waals surface area contributed by atoms with Gasteiger partial charge in [-0.15, -0.1) is 0 Å². The van der Waals surface area contributed by atoms with E-state index >= 15 is 0 Å². The molecule has 0 radical (unpaired) electrons. The van der Waals surface area contributed by atoms with Crippen LogP contribution in [0.4, 0.5) is 5.95 Å². The molecule has 0 aliphatic carbocycles. The zero-order chi connectivity index (χ0) is 19.5. The summed E-state index contributed by atoms with van der Waals surface area (Å²) in [6.07, 6.45) is 5.25. The third kappa shape index (κ3) is 3.53. The van der Waals surface area contributed by atoms with Gasteiger partial charge in [0.05, 0.1) is 11.8 Å². The van der Waals surface area contributed by atoms with E-state index in [1.54, 1.807) is 15.4 Å². The normalized spacial score (nSPS) is 11.2. The van der Waals surface area contributed by atoms with Crippen LogP contribution in [0.25, 0.3) is 22.6 Å². The smallest absolute Gasteiger partial charge is 0.280 e. The van der Waals surface area contributed by atoms with Gasteiger partial charge in [0.2, 0.25) is 5.95 Å². The lowest BCUT2D eigenvalue weighted by Crippen LogP contribution is -2.26. The monoisotopic (exact) mass is 377 g/mol. The maximum atomic E-state index is 13.0. The van der Waals surface area contributed by atoms with Crippen molar-refractivity contribution < 1.29 is 0 Å². The van der Waals surface area contributed by atoms with Gasteiger partial charge in [0.25, 0.3) is 5.56 Å². The number of aryl methyl sites for hydroxylation is 1. The van der Waals surface area contributed by atoms with Gasteiger partial charge in [0.15, 0.2) is 11.2 Å². The molecule has 0 fully saturated rings. The molecule has 8 nitrogen and oxygen atoms in total. The highest BCUT2D eigenvalue weighted by Crippen LogP contribution is 2.18. The molecule has 4 rings (SSSR count). The number of hydrogen-bond acceptors (Lipinski definition) is 5. The summed E-state index contributed by atoms with van der Waals surface area (Å²) >= 11 is 0. The minimum atomic E-state index is -0.114. The first-order valence-corrected chi connectivity index (χ1v) is 9.43. The largest absolute Gasteiger partial charge is 0.355 e. The third-order valence-electron chi connectivity index (χ3n) is 4.58. The Labute approximate surface area is 162 Å². The molecule has 0 aliphatic heterocycles. The average Bonchev–Trinajstić information content (AvgIpc) is 3.32. The Morgan fingerprint density at radius 3 is 2.71 bits per heavy atom. The number of aromatic nitrogens is 6. The highest BCUT2D eigenvalue weighted by Gasteiger charge is 2.16. The van der Waals surface area contributed by atoms with Crippen molar-refractivity contribution in [1.82, 2.24) is 29.3 Å². The number of fused-ring (bicyclic) bond motifs is 1. The standard InChI is InChI=1S/C20H23N7O/c1-3-11-27-19(28)16-18(24-17(23-16)15-12-22-26(2)13-15)25-20(27)21-10-9-14-7-5-4-6-8-14/h4-8,12-13H,3,9-11H2,1-2H3,(H,21,25)(H,23,24). The summed E-state index contributed by atoms with van der Waals surface area (Å²) in [5.41, 5.74) is 2.77. The molecule has 2 N–H and O–H groups in total. The zero-order valence-electron chi connectivity index (χ0n) is 16.0. The molecule has 1 aromatic carbocycles. The first kappa shape index (κ1) is 18.0. The molecule has 0 spiro atoms. The number of benzene rings is 1. The number of aromatic amines is 1. The molecule has 0 saturated heterocycles. The van der Waals surface area contributed by atoms with Crippen LogP contribution in [0.15, 0.2) is 47.5 Å². The number of H-pyrrole nitrogens is 1. The first-order valence-electron chi connectivity index (χ1n) is 9.43. The van der Waals surface area contributed by atoms with E-state index in [4.69, 9.17) is 0 Å². The molecule has 28 heavy (non-hydrogen) atoms. The summed E-state index contributed by atoms with van der Waals surface area (Å²) in [6, 6.07) is 10.2. The van der Waals surface area contributed by atoms with Gasteiger partial charge < -0.3 is 10.3 Å². The fraction of sp³-hybridized carbons (Fsp3) is 0.300. The van der Waals surface area contributed by atoms with Gasteiger partial charge in [0.1, 0.15) is 5.82 Å². The van der Waals surface area contributed by atoms with Gasteiger partial charge in [-0.2, -0.15) is 10.1 Å². The number of anilines is 1. The van der Waals surface area contributed by atoms with Crippen LogP contribution < -0.4 is 10.9 Å². The van der Waals surface area contributed by atoms with Gasteiger partial charge in [-0.25, -0.2) is 4.98 Å². The van der Waals surface area contributed by atoms with E-state index < -0.39 is 0 Å². The Hall–Kier alpha value is -3.42. The van der Waals surface area contributed by atoms with Crippen LogP contribution in [0.2, 0.25) is 0 Å². The van der Waals surface area contributed by atoms with Crippen molar-refractivity contribution in [1.29, 1.82) is 0 Å². The van der Waals surface area contributed by atoms with Crippen molar-refractivity contribution in [3.8, 4) is 11.4 Å².